The molecule has 0 N–H and O–H groups in total. The van der Waals surface area contributed by atoms with Crippen molar-refractivity contribution in [2.24, 2.45) is 11.8 Å². The molecule has 18 heavy (non-hydrogen) atoms. The van der Waals surface area contributed by atoms with E-state index in [0.29, 0.717) is 0 Å². The summed E-state index contributed by atoms with van der Waals surface area (Å²) in [6.07, 6.45) is 0.255. The van der Waals surface area contributed by atoms with Gasteiger partial charge in [-0.15, -0.1) is 0 Å². The summed E-state index contributed by atoms with van der Waals surface area (Å²) in [4.78, 5) is 23.7. The minimum absolute atomic E-state index is 0.0552. The van der Waals surface area contributed by atoms with E-state index >= 15 is 0 Å². The van der Waals surface area contributed by atoms with Gasteiger partial charge < -0.3 is 4.74 Å². The number of carbonyl (C=O) groups excluding carboxylic acids is 2. The van der Waals surface area contributed by atoms with E-state index in [0.717, 1.165) is 10.0 Å². The second-order valence-electron chi connectivity index (χ2n) is 4.51. The molecule has 0 saturated heterocycles. The van der Waals surface area contributed by atoms with Crippen LogP contribution in [0.15, 0.2) is 28.7 Å². The number of benzene rings is 1. The van der Waals surface area contributed by atoms with Gasteiger partial charge in [-0.3, -0.25) is 9.59 Å². The van der Waals surface area contributed by atoms with Crippen molar-refractivity contribution in [2.45, 2.75) is 20.3 Å². The average Bonchev–Trinajstić information content (AvgIpc) is 2.31. The van der Waals surface area contributed by atoms with Gasteiger partial charge in [0.2, 0.25) is 0 Å². The normalized spacial score (nSPS) is 12.3. The Bertz CT molecular complexity index is 423. The molecule has 1 unspecified atom stereocenters. The Hall–Kier alpha value is -1.16. The zero-order chi connectivity index (χ0) is 13.7. The Morgan fingerprint density at radius 3 is 2.22 bits per heavy atom. The Labute approximate surface area is 116 Å². The van der Waals surface area contributed by atoms with Crippen LogP contribution in [0.25, 0.3) is 0 Å². The molecule has 0 aliphatic heterocycles. The van der Waals surface area contributed by atoms with Gasteiger partial charge in [-0.2, -0.15) is 0 Å². The third-order valence-corrected chi connectivity index (χ3v) is 3.29. The van der Waals surface area contributed by atoms with Crippen LogP contribution < -0.4 is 0 Å². The summed E-state index contributed by atoms with van der Waals surface area (Å²) < 4.78 is 5.65. The minimum atomic E-state index is -0.682. The topological polar surface area (TPSA) is 43.4 Å². The molecule has 98 valence electrons. The van der Waals surface area contributed by atoms with E-state index in [4.69, 9.17) is 0 Å². The van der Waals surface area contributed by atoms with Gasteiger partial charge in [0.25, 0.3) is 0 Å². The average molecular weight is 313 g/mol. The highest BCUT2D eigenvalue weighted by atomic mass is 79.9. The van der Waals surface area contributed by atoms with E-state index in [1.54, 1.807) is 0 Å². The van der Waals surface area contributed by atoms with E-state index in [-0.39, 0.29) is 18.1 Å². The summed E-state index contributed by atoms with van der Waals surface area (Å²) in [7, 11) is 1.31. The SMILES string of the molecule is COC(=O)C(C(=O)Cc1ccc(Br)cc1)C(C)C. The van der Waals surface area contributed by atoms with Gasteiger partial charge in [0.1, 0.15) is 5.92 Å². The second-order valence-corrected chi connectivity index (χ2v) is 5.43. The fraction of sp³-hybridized carbons (Fsp3) is 0.429. The Balaban J connectivity index is 2.79. The fourth-order valence-electron chi connectivity index (χ4n) is 1.82. The number of Topliss-reactive ketones (excluding diaryl/α,β-unsaturated/α-hetero) is 1. The molecule has 0 heterocycles. The highest BCUT2D eigenvalue weighted by molar-refractivity contribution is 9.10. The highest BCUT2D eigenvalue weighted by Crippen LogP contribution is 2.18. The van der Waals surface area contributed by atoms with Crippen LogP contribution in [0.1, 0.15) is 19.4 Å². The molecule has 0 amide bonds. The van der Waals surface area contributed by atoms with Gasteiger partial charge in [-0.1, -0.05) is 41.9 Å². The first-order valence-corrected chi connectivity index (χ1v) is 6.60. The van der Waals surface area contributed by atoms with Crippen molar-refractivity contribution >= 4 is 27.7 Å². The maximum atomic E-state index is 12.1. The van der Waals surface area contributed by atoms with Crippen LogP contribution in [0.5, 0.6) is 0 Å². The molecule has 0 aliphatic rings. The van der Waals surface area contributed by atoms with Gasteiger partial charge in [-0.05, 0) is 23.6 Å². The largest absolute Gasteiger partial charge is 0.468 e. The first-order valence-electron chi connectivity index (χ1n) is 5.80. The lowest BCUT2D eigenvalue weighted by Gasteiger charge is -2.16. The van der Waals surface area contributed by atoms with Crippen molar-refractivity contribution in [1.82, 2.24) is 0 Å². The molecule has 1 atom stereocenters. The second kappa shape index (κ2) is 6.69. The third kappa shape index (κ3) is 3.95. The van der Waals surface area contributed by atoms with Crippen LogP contribution in [0.4, 0.5) is 0 Å². The van der Waals surface area contributed by atoms with Crippen LogP contribution in [0.2, 0.25) is 0 Å². The van der Waals surface area contributed by atoms with Gasteiger partial charge >= 0.3 is 5.97 Å². The lowest BCUT2D eigenvalue weighted by Crippen LogP contribution is -2.31. The molecule has 1 aromatic rings. The molecular weight excluding hydrogens is 296 g/mol. The molecule has 3 nitrogen and oxygen atoms in total. The van der Waals surface area contributed by atoms with E-state index in [2.05, 4.69) is 20.7 Å². The maximum Gasteiger partial charge on any atom is 0.316 e. The molecule has 0 fully saturated rings. The maximum absolute atomic E-state index is 12.1. The van der Waals surface area contributed by atoms with E-state index in [9.17, 15) is 9.59 Å². The van der Waals surface area contributed by atoms with E-state index < -0.39 is 11.9 Å². The molecule has 4 heteroatoms. The first kappa shape index (κ1) is 14.9. The lowest BCUT2D eigenvalue weighted by atomic mass is 9.88. The number of ether oxygens (including phenoxy) is 1. The number of ketones is 1. The van der Waals surface area contributed by atoms with Crippen LogP contribution in [0.3, 0.4) is 0 Å². The van der Waals surface area contributed by atoms with Crippen molar-refractivity contribution in [1.29, 1.82) is 0 Å². The highest BCUT2D eigenvalue weighted by Gasteiger charge is 2.30. The van der Waals surface area contributed by atoms with E-state index in [1.165, 1.54) is 7.11 Å². The number of esters is 1. The zero-order valence-electron chi connectivity index (χ0n) is 10.8. The van der Waals surface area contributed by atoms with Gasteiger partial charge in [-0.25, -0.2) is 0 Å². The van der Waals surface area contributed by atoms with Crippen LogP contribution in [-0.4, -0.2) is 18.9 Å². The molecule has 0 aromatic heterocycles. The van der Waals surface area contributed by atoms with Crippen molar-refractivity contribution in [3.05, 3.63) is 34.3 Å². The van der Waals surface area contributed by atoms with Gasteiger partial charge in [0.15, 0.2) is 5.78 Å². The van der Waals surface area contributed by atoms with Crippen molar-refractivity contribution in [2.75, 3.05) is 7.11 Å². The number of hydrogen-bond acceptors (Lipinski definition) is 3. The number of halogens is 1. The predicted octanol–water partition coefficient (Wildman–Crippen LogP) is 3.01. The number of hydrogen-bond donors (Lipinski definition) is 0. The minimum Gasteiger partial charge on any atom is -0.468 e. The number of methoxy groups -OCH3 is 1. The Morgan fingerprint density at radius 2 is 1.78 bits per heavy atom. The lowest BCUT2D eigenvalue weighted by molar-refractivity contribution is -0.151. The van der Waals surface area contributed by atoms with Gasteiger partial charge in [0.05, 0.1) is 7.11 Å². The molecule has 1 aromatic carbocycles. The smallest absolute Gasteiger partial charge is 0.316 e. The van der Waals surface area contributed by atoms with Crippen LogP contribution in [-0.2, 0) is 20.7 Å². The van der Waals surface area contributed by atoms with Crippen LogP contribution >= 0.6 is 15.9 Å². The molecule has 1 rings (SSSR count). The summed E-state index contributed by atoms with van der Waals surface area (Å²) in [6.45, 7) is 3.70. The van der Waals surface area contributed by atoms with E-state index in [1.807, 2.05) is 38.1 Å². The Kier molecular flexibility index (Phi) is 5.54. The van der Waals surface area contributed by atoms with Crippen LogP contribution in [0, 0.1) is 11.8 Å². The van der Waals surface area contributed by atoms with Crippen molar-refractivity contribution in [3.63, 3.8) is 0 Å². The number of rotatable bonds is 5. The Morgan fingerprint density at radius 1 is 1.22 bits per heavy atom. The summed E-state index contributed by atoms with van der Waals surface area (Å²) in [6, 6.07) is 7.50. The fourth-order valence-corrected chi connectivity index (χ4v) is 2.08. The number of carbonyl (C=O) groups is 2. The third-order valence-electron chi connectivity index (χ3n) is 2.76. The molecule has 0 aliphatic carbocycles. The molecular formula is C14H17BrO3. The monoisotopic (exact) mass is 312 g/mol. The summed E-state index contributed by atoms with van der Waals surface area (Å²) >= 11 is 3.34. The predicted molar refractivity (Wildman–Crippen MR) is 73.2 cm³/mol. The summed E-state index contributed by atoms with van der Waals surface area (Å²) in [5.74, 6) is -1.29. The first-order chi connectivity index (χ1) is 8.45. The molecule has 0 saturated carbocycles. The quantitative estimate of drug-likeness (QED) is 0.620. The molecule has 0 radical (unpaired) electrons. The standard InChI is InChI=1S/C14H17BrO3/c1-9(2)13(14(17)18-3)12(16)8-10-4-6-11(15)7-5-10/h4-7,9,13H,8H2,1-3H3. The van der Waals surface area contributed by atoms with Gasteiger partial charge in [0, 0.05) is 10.9 Å². The van der Waals surface area contributed by atoms with Crippen molar-refractivity contribution in [3.8, 4) is 0 Å². The summed E-state index contributed by atoms with van der Waals surface area (Å²) in [5.41, 5.74) is 0.901. The van der Waals surface area contributed by atoms with Crippen molar-refractivity contribution < 1.29 is 14.3 Å². The summed E-state index contributed by atoms with van der Waals surface area (Å²) in [5, 5.41) is 0. The molecule has 0 bridgehead atoms. The molecule has 0 spiro atoms. The zero-order valence-corrected chi connectivity index (χ0v) is 12.4.